The van der Waals surface area contributed by atoms with Gasteiger partial charge in [-0.05, 0) is 48.4 Å². The molecule has 7 nitrogen and oxygen atoms in total. The van der Waals surface area contributed by atoms with Gasteiger partial charge in [0.05, 0.1) is 16.6 Å². The normalized spacial score (nSPS) is 16.1. The van der Waals surface area contributed by atoms with E-state index in [0.717, 1.165) is 72.3 Å². The number of aryl methyl sites for hydroxylation is 1. The third-order valence-corrected chi connectivity index (χ3v) is 6.40. The zero-order chi connectivity index (χ0) is 21.7. The van der Waals surface area contributed by atoms with E-state index in [0.29, 0.717) is 12.4 Å². The van der Waals surface area contributed by atoms with Crippen molar-refractivity contribution in [2.75, 3.05) is 37.9 Å². The lowest BCUT2D eigenvalue weighted by Gasteiger charge is -2.36. The zero-order valence-corrected chi connectivity index (χ0v) is 17.9. The average molecular weight is 425 g/mol. The van der Waals surface area contributed by atoms with Crippen molar-refractivity contribution in [2.45, 2.75) is 13.5 Å². The van der Waals surface area contributed by atoms with Gasteiger partial charge in [0.2, 0.25) is 6.79 Å². The van der Waals surface area contributed by atoms with E-state index in [1.165, 1.54) is 5.56 Å². The first kappa shape index (κ1) is 19.0. The molecule has 0 amide bonds. The van der Waals surface area contributed by atoms with Gasteiger partial charge >= 0.3 is 0 Å². The maximum Gasteiger partial charge on any atom is 0.231 e. The highest BCUT2D eigenvalue weighted by atomic mass is 16.7. The van der Waals surface area contributed by atoms with Crippen LogP contribution in [0.1, 0.15) is 16.7 Å². The minimum atomic E-state index is 0.304. The van der Waals surface area contributed by atoms with Gasteiger partial charge in [0, 0.05) is 32.7 Å². The maximum absolute atomic E-state index is 9.74. The molecule has 32 heavy (non-hydrogen) atoms. The summed E-state index contributed by atoms with van der Waals surface area (Å²) in [6.45, 7) is 6.94. The van der Waals surface area contributed by atoms with E-state index < -0.39 is 0 Å². The third-order valence-electron chi connectivity index (χ3n) is 6.40. The van der Waals surface area contributed by atoms with E-state index in [-0.39, 0.29) is 0 Å². The van der Waals surface area contributed by atoms with E-state index in [2.05, 4.69) is 44.5 Å². The van der Waals surface area contributed by atoms with E-state index in [4.69, 9.17) is 14.5 Å². The van der Waals surface area contributed by atoms with Crippen molar-refractivity contribution in [1.82, 2.24) is 14.3 Å². The molecule has 2 aliphatic heterocycles. The van der Waals surface area contributed by atoms with E-state index in [1.54, 1.807) is 0 Å². The Labute approximate surface area is 186 Å². The predicted octanol–water partition coefficient (Wildman–Crippen LogP) is 3.72. The zero-order valence-electron chi connectivity index (χ0n) is 17.9. The molecule has 0 saturated carbocycles. The van der Waals surface area contributed by atoms with Crippen molar-refractivity contribution in [3.05, 3.63) is 65.2 Å². The van der Waals surface area contributed by atoms with Crippen molar-refractivity contribution < 1.29 is 9.47 Å². The molecule has 1 saturated heterocycles. The molecule has 1 fully saturated rings. The number of hydrogen-bond acceptors (Lipinski definition) is 6. The second-order valence-electron chi connectivity index (χ2n) is 8.38. The Kier molecular flexibility index (Phi) is 4.40. The van der Waals surface area contributed by atoms with Crippen LogP contribution in [-0.4, -0.2) is 47.3 Å². The molecule has 0 radical (unpaired) electrons. The topological polar surface area (TPSA) is 66.0 Å². The fourth-order valence-electron chi connectivity index (χ4n) is 4.74. The average Bonchev–Trinajstić information content (AvgIpc) is 3.43. The number of nitriles is 1. The molecular weight excluding hydrogens is 402 g/mol. The molecule has 0 unspecified atom stereocenters. The SMILES string of the molecule is Cc1cc(N2CCN(Cc3ccc4c(c3)OCO4)CC2)n2c(nc3ccccc32)c1C#N. The largest absolute Gasteiger partial charge is 0.454 e. The highest BCUT2D eigenvalue weighted by Crippen LogP contribution is 2.33. The first-order valence-corrected chi connectivity index (χ1v) is 10.9. The van der Waals surface area contributed by atoms with Crippen LogP contribution in [0.15, 0.2) is 48.5 Å². The molecule has 4 heterocycles. The predicted molar refractivity (Wildman–Crippen MR) is 122 cm³/mol. The first-order chi connectivity index (χ1) is 15.7. The number of nitrogens with zero attached hydrogens (tertiary/aromatic N) is 5. The van der Waals surface area contributed by atoms with Crippen LogP contribution in [0.2, 0.25) is 0 Å². The molecule has 0 spiro atoms. The van der Waals surface area contributed by atoms with Crippen LogP contribution in [0.25, 0.3) is 16.7 Å². The highest BCUT2D eigenvalue weighted by molar-refractivity contribution is 5.85. The standard InChI is InChI=1S/C25H23N5O2/c1-17-12-24(30-21-5-3-2-4-20(21)27-25(30)19(17)14-26)29-10-8-28(9-11-29)15-18-6-7-22-23(13-18)32-16-31-22/h2-7,12-13H,8-11,15-16H2,1H3. The number of benzene rings is 2. The van der Waals surface area contributed by atoms with Gasteiger partial charge in [-0.15, -0.1) is 0 Å². The molecule has 2 aliphatic rings. The van der Waals surface area contributed by atoms with Gasteiger partial charge in [0.1, 0.15) is 11.9 Å². The van der Waals surface area contributed by atoms with Crippen LogP contribution in [0.4, 0.5) is 5.82 Å². The molecular formula is C25H23N5O2. The van der Waals surface area contributed by atoms with E-state index in [9.17, 15) is 5.26 Å². The molecule has 0 aliphatic carbocycles. The second-order valence-corrected chi connectivity index (χ2v) is 8.38. The first-order valence-electron chi connectivity index (χ1n) is 10.9. The van der Waals surface area contributed by atoms with Gasteiger partial charge in [-0.1, -0.05) is 18.2 Å². The summed E-state index contributed by atoms with van der Waals surface area (Å²) in [5.74, 6) is 2.77. The quantitative estimate of drug-likeness (QED) is 0.499. The lowest BCUT2D eigenvalue weighted by Crippen LogP contribution is -2.46. The van der Waals surface area contributed by atoms with Crippen molar-refractivity contribution in [2.24, 2.45) is 0 Å². The number of piperazine rings is 1. The summed E-state index contributed by atoms with van der Waals surface area (Å²) in [7, 11) is 0. The maximum atomic E-state index is 9.74. The molecule has 4 aromatic rings. The summed E-state index contributed by atoms with van der Waals surface area (Å²) < 4.78 is 13.1. The summed E-state index contributed by atoms with van der Waals surface area (Å²) >= 11 is 0. The molecule has 160 valence electrons. The fourth-order valence-corrected chi connectivity index (χ4v) is 4.74. The molecule has 0 atom stereocenters. The van der Waals surface area contributed by atoms with Gasteiger partial charge in [0.25, 0.3) is 0 Å². The minimum Gasteiger partial charge on any atom is -0.454 e. The number of fused-ring (bicyclic) bond motifs is 4. The van der Waals surface area contributed by atoms with Crippen LogP contribution in [0.5, 0.6) is 11.5 Å². The molecule has 2 aromatic heterocycles. The van der Waals surface area contributed by atoms with Gasteiger partial charge in [-0.2, -0.15) is 5.26 Å². The van der Waals surface area contributed by atoms with Crippen LogP contribution in [0.3, 0.4) is 0 Å². The Morgan fingerprint density at radius 3 is 2.66 bits per heavy atom. The summed E-state index contributed by atoms with van der Waals surface area (Å²) in [6.07, 6.45) is 0. The summed E-state index contributed by atoms with van der Waals surface area (Å²) in [6, 6.07) is 18.8. The molecule has 0 N–H and O–H groups in total. The Balaban J connectivity index is 1.28. The number of hydrogen-bond donors (Lipinski definition) is 0. The number of imidazole rings is 1. The van der Waals surface area contributed by atoms with Crippen molar-refractivity contribution in [1.29, 1.82) is 5.26 Å². The highest BCUT2D eigenvalue weighted by Gasteiger charge is 2.23. The van der Waals surface area contributed by atoms with Crippen LogP contribution in [0, 0.1) is 18.3 Å². The minimum absolute atomic E-state index is 0.304. The van der Waals surface area contributed by atoms with E-state index >= 15 is 0 Å². The molecule has 6 rings (SSSR count). The lowest BCUT2D eigenvalue weighted by molar-refractivity contribution is 0.174. The van der Waals surface area contributed by atoms with E-state index in [1.807, 2.05) is 31.2 Å². The molecule has 0 bridgehead atoms. The molecule has 2 aromatic carbocycles. The van der Waals surface area contributed by atoms with Crippen LogP contribution >= 0.6 is 0 Å². The second kappa shape index (κ2) is 7.43. The van der Waals surface area contributed by atoms with Crippen molar-refractivity contribution >= 4 is 22.5 Å². The number of rotatable bonds is 3. The van der Waals surface area contributed by atoms with Crippen LogP contribution < -0.4 is 14.4 Å². The summed E-state index contributed by atoms with van der Waals surface area (Å²) in [5, 5.41) is 9.74. The molecule has 7 heteroatoms. The monoisotopic (exact) mass is 425 g/mol. The fraction of sp³-hybridized carbons (Fsp3) is 0.280. The van der Waals surface area contributed by atoms with Crippen molar-refractivity contribution in [3.8, 4) is 17.6 Å². The summed E-state index contributed by atoms with van der Waals surface area (Å²) in [5.41, 5.74) is 5.54. The van der Waals surface area contributed by atoms with Gasteiger partial charge < -0.3 is 14.4 Å². The van der Waals surface area contributed by atoms with Gasteiger partial charge in [-0.25, -0.2) is 4.98 Å². The number of ether oxygens (including phenoxy) is 2. The number of pyridine rings is 1. The van der Waals surface area contributed by atoms with Crippen LogP contribution in [-0.2, 0) is 6.54 Å². The Morgan fingerprint density at radius 2 is 1.81 bits per heavy atom. The number of aromatic nitrogens is 2. The van der Waals surface area contributed by atoms with Gasteiger partial charge in [0.15, 0.2) is 17.1 Å². The summed E-state index contributed by atoms with van der Waals surface area (Å²) in [4.78, 5) is 9.66. The lowest BCUT2D eigenvalue weighted by atomic mass is 10.1. The smallest absolute Gasteiger partial charge is 0.231 e. The Bertz CT molecular complexity index is 1380. The Hall–Kier alpha value is -3.76. The van der Waals surface area contributed by atoms with Gasteiger partial charge in [-0.3, -0.25) is 9.30 Å². The number of para-hydroxylation sites is 2. The van der Waals surface area contributed by atoms with Crippen molar-refractivity contribution in [3.63, 3.8) is 0 Å². The Morgan fingerprint density at radius 1 is 1.00 bits per heavy atom. The third kappa shape index (κ3) is 3.03. The number of anilines is 1.